The molecule has 0 radical (unpaired) electrons. The summed E-state index contributed by atoms with van der Waals surface area (Å²) in [4.78, 5) is 28.0. The SMILES string of the molecule is C=CCN(C(=O)CCC(=O)c1ccc(C)s1)c1ccccc1. The predicted molar refractivity (Wildman–Crippen MR) is 91.6 cm³/mol. The molecule has 0 aliphatic heterocycles. The van der Waals surface area contributed by atoms with Crippen LogP contribution in [0.1, 0.15) is 27.4 Å². The van der Waals surface area contributed by atoms with Crippen molar-refractivity contribution in [3.63, 3.8) is 0 Å². The third kappa shape index (κ3) is 4.15. The van der Waals surface area contributed by atoms with Gasteiger partial charge in [0.1, 0.15) is 0 Å². The largest absolute Gasteiger partial charge is 0.309 e. The lowest BCUT2D eigenvalue weighted by molar-refractivity contribution is -0.118. The molecule has 0 fully saturated rings. The molecule has 3 nitrogen and oxygen atoms in total. The summed E-state index contributed by atoms with van der Waals surface area (Å²) in [6.07, 6.45) is 2.13. The van der Waals surface area contributed by atoms with Crippen molar-refractivity contribution in [3.05, 3.63) is 64.9 Å². The van der Waals surface area contributed by atoms with Crippen LogP contribution in [-0.4, -0.2) is 18.2 Å². The zero-order valence-electron chi connectivity index (χ0n) is 12.6. The number of aryl methyl sites for hydroxylation is 1. The van der Waals surface area contributed by atoms with Crippen LogP contribution in [0.25, 0.3) is 0 Å². The van der Waals surface area contributed by atoms with Crippen molar-refractivity contribution >= 4 is 28.7 Å². The van der Waals surface area contributed by atoms with Crippen molar-refractivity contribution in [1.82, 2.24) is 0 Å². The van der Waals surface area contributed by atoms with Crippen LogP contribution in [0.5, 0.6) is 0 Å². The Morgan fingerprint density at radius 1 is 1.14 bits per heavy atom. The maximum atomic E-state index is 12.4. The zero-order valence-corrected chi connectivity index (χ0v) is 13.4. The van der Waals surface area contributed by atoms with Gasteiger partial charge in [-0.25, -0.2) is 0 Å². The van der Waals surface area contributed by atoms with Crippen LogP contribution in [0.4, 0.5) is 5.69 Å². The van der Waals surface area contributed by atoms with Crippen LogP contribution in [0.3, 0.4) is 0 Å². The summed E-state index contributed by atoms with van der Waals surface area (Å²) in [6.45, 7) is 6.10. The number of rotatable bonds is 7. The molecule has 4 heteroatoms. The summed E-state index contributed by atoms with van der Waals surface area (Å²) in [5.41, 5.74) is 0.826. The van der Waals surface area contributed by atoms with Crippen molar-refractivity contribution in [2.24, 2.45) is 0 Å². The fraction of sp³-hybridized carbons (Fsp3) is 0.222. The number of hydrogen-bond donors (Lipinski definition) is 0. The highest BCUT2D eigenvalue weighted by molar-refractivity contribution is 7.14. The monoisotopic (exact) mass is 313 g/mol. The van der Waals surface area contributed by atoms with Crippen molar-refractivity contribution in [2.75, 3.05) is 11.4 Å². The number of hydrogen-bond acceptors (Lipinski definition) is 3. The number of ketones is 1. The van der Waals surface area contributed by atoms with Gasteiger partial charge in [-0.2, -0.15) is 0 Å². The number of carbonyl (C=O) groups is 2. The fourth-order valence-electron chi connectivity index (χ4n) is 2.15. The lowest BCUT2D eigenvalue weighted by atomic mass is 10.1. The van der Waals surface area contributed by atoms with Crippen LogP contribution in [0.15, 0.2) is 55.1 Å². The molecule has 0 bridgehead atoms. The summed E-state index contributed by atoms with van der Waals surface area (Å²) >= 11 is 1.47. The van der Waals surface area contributed by atoms with Crippen LogP contribution >= 0.6 is 11.3 Å². The molecule has 1 heterocycles. The van der Waals surface area contributed by atoms with E-state index in [2.05, 4.69) is 6.58 Å². The molecule has 0 unspecified atom stereocenters. The second-order valence-corrected chi connectivity index (χ2v) is 6.25. The Morgan fingerprint density at radius 2 is 1.86 bits per heavy atom. The normalized spacial score (nSPS) is 10.2. The first-order valence-corrected chi connectivity index (χ1v) is 7.99. The van der Waals surface area contributed by atoms with E-state index in [-0.39, 0.29) is 24.5 Å². The van der Waals surface area contributed by atoms with Gasteiger partial charge in [0.05, 0.1) is 4.88 Å². The van der Waals surface area contributed by atoms with E-state index >= 15 is 0 Å². The van der Waals surface area contributed by atoms with E-state index in [1.54, 1.807) is 11.0 Å². The first-order chi connectivity index (χ1) is 10.6. The van der Waals surface area contributed by atoms with Gasteiger partial charge in [0, 0.05) is 30.0 Å². The molecule has 0 N–H and O–H groups in total. The second kappa shape index (κ2) is 7.71. The molecule has 2 aromatic rings. The van der Waals surface area contributed by atoms with Gasteiger partial charge < -0.3 is 4.90 Å². The van der Waals surface area contributed by atoms with E-state index in [0.717, 1.165) is 15.4 Å². The van der Waals surface area contributed by atoms with Gasteiger partial charge in [-0.05, 0) is 31.2 Å². The highest BCUT2D eigenvalue weighted by Gasteiger charge is 2.17. The number of nitrogens with zero attached hydrogens (tertiary/aromatic N) is 1. The van der Waals surface area contributed by atoms with Gasteiger partial charge in [0.25, 0.3) is 0 Å². The molecule has 0 aliphatic rings. The predicted octanol–water partition coefficient (Wildman–Crippen LogP) is 4.24. The molecule has 0 saturated carbocycles. The lowest BCUT2D eigenvalue weighted by Gasteiger charge is -2.21. The molecule has 0 spiro atoms. The second-order valence-electron chi connectivity index (χ2n) is 4.96. The van der Waals surface area contributed by atoms with Crippen LogP contribution in [0.2, 0.25) is 0 Å². The number of anilines is 1. The third-order valence-electron chi connectivity index (χ3n) is 3.26. The Kier molecular flexibility index (Phi) is 5.67. The molecule has 22 heavy (non-hydrogen) atoms. The van der Waals surface area contributed by atoms with Crippen LogP contribution < -0.4 is 4.90 Å². The molecule has 1 amide bonds. The number of benzene rings is 1. The summed E-state index contributed by atoms with van der Waals surface area (Å²) in [7, 11) is 0. The average Bonchev–Trinajstić information content (AvgIpc) is 2.97. The minimum atomic E-state index is -0.0623. The van der Waals surface area contributed by atoms with Gasteiger partial charge in [-0.3, -0.25) is 9.59 Å². The number of carbonyl (C=O) groups excluding carboxylic acids is 2. The maximum absolute atomic E-state index is 12.4. The fourth-order valence-corrected chi connectivity index (χ4v) is 2.99. The van der Waals surface area contributed by atoms with Crippen molar-refractivity contribution in [3.8, 4) is 0 Å². The smallest absolute Gasteiger partial charge is 0.227 e. The third-order valence-corrected chi connectivity index (χ3v) is 4.30. The van der Waals surface area contributed by atoms with Gasteiger partial charge in [0.2, 0.25) is 5.91 Å². The van der Waals surface area contributed by atoms with Gasteiger partial charge in [0.15, 0.2) is 5.78 Å². The molecule has 1 aromatic carbocycles. The lowest BCUT2D eigenvalue weighted by Crippen LogP contribution is -2.31. The Bertz CT molecular complexity index is 661. The number of Topliss-reactive ketones (excluding diaryl/α,β-unsaturated/α-hetero) is 1. The molecule has 0 aliphatic carbocycles. The minimum absolute atomic E-state index is 0.0260. The molecular weight excluding hydrogens is 294 g/mol. The Morgan fingerprint density at radius 3 is 2.45 bits per heavy atom. The number of amides is 1. The molecule has 2 rings (SSSR count). The molecule has 0 atom stereocenters. The molecular formula is C18H19NO2S. The van der Waals surface area contributed by atoms with E-state index < -0.39 is 0 Å². The Hall–Kier alpha value is -2.20. The molecule has 114 valence electrons. The Balaban J connectivity index is 2.00. The van der Waals surface area contributed by atoms with E-state index in [0.29, 0.717) is 6.54 Å². The topological polar surface area (TPSA) is 37.4 Å². The van der Waals surface area contributed by atoms with E-state index in [1.165, 1.54) is 11.3 Å². The van der Waals surface area contributed by atoms with Crippen molar-refractivity contribution in [1.29, 1.82) is 0 Å². The highest BCUT2D eigenvalue weighted by atomic mass is 32.1. The quantitative estimate of drug-likeness (QED) is 0.566. The number of para-hydroxylation sites is 1. The maximum Gasteiger partial charge on any atom is 0.227 e. The van der Waals surface area contributed by atoms with Gasteiger partial charge in [-0.15, -0.1) is 17.9 Å². The van der Waals surface area contributed by atoms with Crippen molar-refractivity contribution < 1.29 is 9.59 Å². The molecule has 0 saturated heterocycles. The van der Waals surface area contributed by atoms with E-state index in [9.17, 15) is 9.59 Å². The van der Waals surface area contributed by atoms with E-state index in [1.807, 2.05) is 49.4 Å². The molecule has 1 aromatic heterocycles. The van der Waals surface area contributed by atoms with E-state index in [4.69, 9.17) is 0 Å². The summed E-state index contributed by atoms with van der Waals surface area (Å²) in [5, 5.41) is 0. The van der Waals surface area contributed by atoms with Crippen LogP contribution in [-0.2, 0) is 4.79 Å². The van der Waals surface area contributed by atoms with Crippen LogP contribution in [0, 0.1) is 6.92 Å². The average molecular weight is 313 g/mol. The standard InChI is InChI=1S/C18H19NO2S/c1-3-13-19(15-7-5-4-6-8-15)18(21)12-10-16(20)17-11-9-14(2)22-17/h3-9,11H,1,10,12-13H2,2H3. The minimum Gasteiger partial charge on any atom is -0.309 e. The van der Waals surface area contributed by atoms with Gasteiger partial charge in [-0.1, -0.05) is 24.3 Å². The first kappa shape index (κ1) is 16.2. The van der Waals surface area contributed by atoms with Gasteiger partial charge >= 0.3 is 0 Å². The summed E-state index contributed by atoms with van der Waals surface area (Å²) < 4.78 is 0. The summed E-state index contributed by atoms with van der Waals surface area (Å²) in [5.74, 6) is -0.0363. The Labute approximate surface area is 134 Å². The highest BCUT2D eigenvalue weighted by Crippen LogP contribution is 2.19. The summed E-state index contributed by atoms with van der Waals surface area (Å²) in [6, 6.07) is 13.2. The first-order valence-electron chi connectivity index (χ1n) is 7.17. The van der Waals surface area contributed by atoms with Crippen molar-refractivity contribution in [2.45, 2.75) is 19.8 Å². The number of thiophene rings is 1. The zero-order chi connectivity index (χ0) is 15.9.